The van der Waals surface area contributed by atoms with Crippen molar-refractivity contribution in [3.05, 3.63) is 24.3 Å². The number of primary sulfonamides is 1. The zero-order valence-corrected chi connectivity index (χ0v) is 10.1. The highest BCUT2D eigenvalue weighted by molar-refractivity contribution is 7.89. The van der Waals surface area contributed by atoms with Gasteiger partial charge in [0.25, 0.3) is 0 Å². The van der Waals surface area contributed by atoms with Gasteiger partial charge in [0.05, 0.1) is 12.1 Å². The van der Waals surface area contributed by atoms with Gasteiger partial charge in [0.2, 0.25) is 10.0 Å². The molecule has 0 saturated carbocycles. The lowest BCUT2D eigenvalue weighted by atomic mass is 10.3. The van der Waals surface area contributed by atoms with Gasteiger partial charge in [-0.2, -0.15) is 0 Å². The highest BCUT2D eigenvalue weighted by Gasteiger charge is 2.16. The number of carboxylic acid groups (broad SMARTS) is 1. The molecule has 0 heterocycles. The number of hydrogen-bond donors (Lipinski definition) is 2. The van der Waals surface area contributed by atoms with Crippen molar-refractivity contribution in [3.8, 4) is 0 Å². The van der Waals surface area contributed by atoms with Crippen LogP contribution in [0.2, 0.25) is 0 Å². The van der Waals surface area contributed by atoms with E-state index in [2.05, 4.69) is 0 Å². The molecule has 0 saturated heterocycles. The van der Waals surface area contributed by atoms with Gasteiger partial charge < -0.3 is 10.0 Å². The Morgan fingerprint density at radius 2 is 2.00 bits per heavy atom. The molecular weight excluding hydrogens is 244 g/mol. The molecule has 17 heavy (non-hydrogen) atoms. The number of benzene rings is 1. The molecule has 0 unspecified atom stereocenters. The van der Waals surface area contributed by atoms with E-state index in [1.807, 2.05) is 0 Å². The van der Waals surface area contributed by atoms with Gasteiger partial charge in [0.1, 0.15) is 4.90 Å². The SMILES string of the molecule is CN(CCC(=O)O)c1ccccc1S(N)(=O)=O. The summed E-state index contributed by atoms with van der Waals surface area (Å²) in [4.78, 5) is 12.0. The van der Waals surface area contributed by atoms with E-state index in [4.69, 9.17) is 10.2 Å². The number of carbonyl (C=O) groups is 1. The molecule has 0 fully saturated rings. The van der Waals surface area contributed by atoms with Crippen molar-refractivity contribution in [1.82, 2.24) is 0 Å². The molecular formula is C10H14N2O4S. The molecule has 1 rings (SSSR count). The molecule has 7 heteroatoms. The Morgan fingerprint density at radius 1 is 1.41 bits per heavy atom. The fourth-order valence-electron chi connectivity index (χ4n) is 1.40. The van der Waals surface area contributed by atoms with Crippen molar-refractivity contribution < 1.29 is 18.3 Å². The monoisotopic (exact) mass is 258 g/mol. The first-order chi connectivity index (χ1) is 7.82. The van der Waals surface area contributed by atoms with Crippen molar-refractivity contribution in [2.75, 3.05) is 18.5 Å². The summed E-state index contributed by atoms with van der Waals surface area (Å²) in [6.07, 6.45) is -0.0740. The summed E-state index contributed by atoms with van der Waals surface area (Å²) in [6, 6.07) is 6.21. The quantitative estimate of drug-likeness (QED) is 0.788. The number of nitrogens with zero attached hydrogens (tertiary/aromatic N) is 1. The molecule has 1 aromatic rings. The van der Waals surface area contributed by atoms with Crippen molar-refractivity contribution in [1.29, 1.82) is 0 Å². The molecule has 94 valence electrons. The molecule has 0 radical (unpaired) electrons. The third-order valence-electron chi connectivity index (χ3n) is 2.24. The Bertz CT molecular complexity index is 513. The number of carboxylic acids is 1. The van der Waals surface area contributed by atoms with Crippen LogP contribution < -0.4 is 10.0 Å². The molecule has 0 aliphatic rings. The molecule has 0 spiro atoms. The number of anilines is 1. The van der Waals surface area contributed by atoms with Gasteiger partial charge in [-0.05, 0) is 12.1 Å². The van der Waals surface area contributed by atoms with E-state index in [0.29, 0.717) is 5.69 Å². The Morgan fingerprint density at radius 3 is 2.53 bits per heavy atom. The Balaban J connectivity index is 3.01. The Hall–Kier alpha value is -1.60. The van der Waals surface area contributed by atoms with Crippen LogP contribution in [0, 0.1) is 0 Å². The summed E-state index contributed by atoms with van der Waals surface area (Å²) >= 11 is 0. The maximum atomic E-state index is 11.3. The molecule has 6 nitrogen and oxygen atoms in total. The minimum Gasteiger partial charge on any atom is -0.481 e. The average molecular weight is 258 g/mol. The first kappa shape index (κ1) is 13.5. The summed E-state index contributed by atoms with van der Waals surface area (Å²) in [5, 5.41) is 13.6. The van der Waals surface area contributed by atoms with Crippen LogP contribution >= 0.6 is 0 Å². The van der Waals surface area contributed by atoms with Crippen LogP contribution in [0.15, 0.2) is 29.2 Å². The lowest BCUT2D eigenvalue weighted by Gasteiger charge is -2.20. The van der Waals surface area contributed by atoms with E-state index in [1.54, 1.807) is 30.1 Å². The maximum absolute atomic E-state index is 11.3. The van der Waals surface area contributed by atoms with Crippen LogP contribution in [0.5, 0.6) is 0 Å². The van der Waals surface area contributed by atoms with Gasteiger partial charge in [0, 0.05) is 13.6 Å². The standard InChI is InChI=1S/C10H14N2O4S/c1-12(7-6-10(13)14)8-4-2-3-5-9(8)17(11,15)16/h2-5H,6-7H2,1H3,(H,13,14)(H2,11,15,16). The van der Waals surface area contributed by atoms with E-state index in [1.165, 1.54) is 6.07 Å². The summed E-state index contributed by atoms with van der Waals surface area (Å²) in [6.45, 7) is 0.210. The molecule has 0 bridgehead atoms. The van der Waals surface area contributed by atoms with Gasteiger partial charge in [0.15, 0.2) is 0 Å². The van der Waals surface area contributed by atoms with Crippen LogP contribution in [-0.4, -0.2) is 33.1 Å². The van der Waals surface area contributed by atoms with Crippen LogP contribution in [0.25, 0.3) is 0 Å². The van der Waals surface area contributed by atoms with Crippen LogP contribution in [0.4, 0.5) is 5.69 Å². The normalized spacial score (nSPS) is 11.2. The molecule has 0 aliphatic heterocycles. The highest BCUT2D eigenvalue weighted by Crippen LogP contribution is 2.22. The molecule has 1 aromatic carbocycles. The minimum atomic E-state index is -3.81. The van der Waals surface area contributed by atoms with Crippen molar-refractivity contribution >= 4 is 21.7 Å². The van der Waals surface area contributed by atoms with Crippen LogP contribution in [-0.2, 0) is 14.8 Å². The van der Waals surface area contributed by atoms with Gasteiger partial charge in [-0.25, -0.2) is 13.6 Å². The number of rotatable bonds is 5. The maximum Gasteiger partial charge on any atom is 0.305 e. The number of para-hydroxylation sites is 1. The molecule has 0 aliphatic carbocycles. The van der Waals surface area contributed by atoms with Crippen molar-refractivity contribution in [3.63, 3.8) is 0 Å². The fourth-order valence-corrected chi connectivity index (χ4v) is 2.18. The Labute approximate surface area is 99.7 Å². The third-order valence-corrected chi connectivity index (χ3v) is 3.20. The third kappa shape index (κ3) is 3.72. The van der Waals surface area contributed by atoms with Crippen molar-refractivity contribution in [2.45, 2.75) is 11.3 Å². The van der Waals surface area contributed by atoms with Gasteiger partial charge in [-0.1, -0.05) is 12.1 Å². The van der Waals surface area contributed by atoms with Crippen LogP contribution in [0.1, 0.15) is 6.42 Å². The van der Waals surface area contributed by atoms with E-state index in [0.717, 1.165) is 0 Å². The highest BCUT2D eigenvalue weighted by atomic mass is 32.2. The predicted molar refractivity (Wildman–Crippen MR) is 63.3 cm³/mol. The van der Waals surface area contributed by atoms with Crippen molar-refractivity contribution in [2.24, 2.45) is 5.14 Å². The zero-order valence-electron chi connectivity index (χ0n) is 9.33. The molecule has 0 amide bonds. The molecule has 0 aromatic heterocycles. The second-order valence-electron chi connectivity index (χ2n) is 3.58. The summed E-state index contributed by atoms with van der Waals surface area (Å²) in [5.41, 5.74) is 0.399. The first-order valence-electron chi connectivity index (χ1n) is 4.87. The van der Waals surface area contributed by atoms with Gasteiger partial charge in [-0.15, -0.1) is 0 Å². The predicted octanol–water partition coefficient (Wildman–Crippen LogP) is 0.245. The van der Waals surface area contributed by atoms with Gasteiger partial charge >= 0.3 is 5.97 Å². The lowest BCUT2D eigenvalue weighted by molar-refractivity contribution is -0.136. The summed E-state index contributed by atoms with van der Waals surface area (Å²) < 4.78 is 22.7. The average Bonchev–Trinajstić information content (AvgIpc) is 2.24. The van der Waals surface area contributed by atoms with Crippen LogP contribution in [0.3, 0.4) is 0 Å². The summed E-state index contributed by atoms with van der Waals surface area (Å²) in [7, 11) is -2.19. The second-order valence-corrected chi connectivity index (χ2v) is 5.11. The second kappa shape index (κ2) is 5.15. The minimum absolute atomic E-state index is 0.00658. The molecule has 0 atom stereocenters. The smallest absolute Gasteiger partial charge is 0.305 e. The number of nitrogens with two attached hydrogens (primary N) is 1. The van der Waals surface area contributed by atoms with E-state index < -0.39 is 16.0 Å². The molecule has 3 N–H and O–H groups in total. The first-order valence-corrected chi connectivity index (χ1v) is 6.42. The fraction of sp³-hybridized carbons (Fsp3) is 0.300. The zero-order chi connectivity index (χ0) is 13.1. The largest absolute Gasteiger partial charge is 0.481 e. The van der Waals surface area contributed by atoms with E-state index >= 15 is 0 Å². The van der Waals surface area contributed by atoms with E-state index in [-0.39, 0.29) is 17.9 Å². The Kier molecular flexibility index (Phi) is 4.08. The number of hydrogen-bond acceptors (Lipinski definition) is 4. The van der Waals surface area contributed by atoms with Gasteiger partial charge in [-0.3, -0.25) is 4.79 Å². The number of aliphatic carboxylic acids is 1. The summed E-state index contributed by atoms with van der Waals surface area (Å²) in [5.74, 6) is -0.940. The van der Waals surface area contributed by atoms with E-state index in [9.17, 15) is 13.2 Å². The lowest BCUT2D eigenvalue weighted by Crippen LogP contribution is -2.24. The number of sulfonamides is 1. The topological polar surface area (TPSA) is 101 Å².